The molecule has 142 valence electrons. The van der Waals surface area contributed by atoms with Crippen LogP contribution in [0.4, 0.5) is 0 Å². The fraction of sp³-hybridized carbons (Fsp3) is 0.550. The van der Waals surface area contributed by atoms with Crippen molar-refractivity contribution in [2.45, 2.75) is 64.7 Å². The molecule has 0 aliphatic heterocycles. The summed E-state index contributed by atoms with van der Waals surface area (Å²) in [6.07, 6.45) is 3.29. The highest BCUT2D eigenvalue weighted by Crippen LogP contribution is 2.17. The quantitative estimate of drug-likeness (QED) is 0.534. The molecule has 0 saturated heterocycles. The van der Waals surface area contributed by atoms with E-state index in [2.05, 4.69) is 24.1 Å². The monoisotopic (exact) mass is 375 g/mol. The van der Waals surface area contributed by atoms with Gasteiger partial charge >= 0.3 is 0 Å². The van der Waals surface area contributed by atoms with E-state index >= 15 is 0 Å². The van der Waals surface area contributed by atoms with Gasteiger partial charge in [-0.15, -0.1) is 0 Å². The second kappa shape index (κ2) is 9.76. The van der Waals surface area contributed by atoms with E-state index in [1.807, 2.05) is 32.0 Å². The minimum absolute atomic E-state index is 0.0166. The Hall–Kier alpha value is -1.82. The molecule has 1 atom stereocenters. The highest BCUT2D eigenvalue weighted by atomic mass is 32.2. The molecule has 2 rings (SSSR count). The largest absolute Gasteiger partial charge is 0.353 e. The number of amides is 1. The number of benzene rings is 1. The average molecular weight is 376 g/mol. The van der Waals surface area contributed by atoms with Gasteiger partial charge in [0.25, 0.3) is 5.56 Å². The van der Waals surface area contributed by atoms with Crippen LogP contribution in [0.5, 0.6) is 0 Å². The summed E-state index contributed by atoms with van der Waals surface area (Å²) in [6.45, 7) is 8.91. The predicted molar refractivity (Wildman–Crippen MR) is 109 cm³/mol. The molecule has 5 nitrogen and oxygen atoms in total. The Balaban J connectivity index is 1.98. The Morgan fingerprint density at radius 3 is 2.65 bits per heavy atom. The number of carbonyl (C=O) groups excluding carboxylic acids is 1. The lowest BCUT2D eigenvalue weighted by Crippen LogP contribution is -2.34. The number of nitrogens with one attached hydrogen (secondary N) is 1. The molecule has 1 aromatic carbocycles. The second-order valence-electron chi connectivity index (χ2n) is 7.04. The van der Waals surface area contributed by atoms with Crippen LogP contribution < -0.4 is 10.9 Å². The first-order valence-corrected chi connectivity index (χ1v) is 10.3. The van der Waals surface area contributed by atoms with Crippen molar-refractivity contribution in [1.82, 2.24) is 14.9 Å². The molecule has 1 aromatic heterocycles. The molecule has 0 aliphatic rings. The maximum absolute atomic E-state index is 12.6. The molecule has 6 heteroatoms. The van der Waals surface area contributed by atoms with Gasteiger partial charge in [0, 0.05) is 12.6 Å². The van der Waals surface area contributed by atoms with E-state index in [0.29, 0.717) is 28.5 Å². The Kier molecular flexibility index (Phi) is 7.69. The van der Waals surface area contributed by atoms with E-state index < -0.39 is 0 Å². The molecule has 0 spiro atoms. The molecule has 0 aliphatic carbocycles. The van der Waals surface area contributed by atoms with Crippen LogP contribution in [-0.2, 0) is 11.3 Å². The molecule has 1 N–H and O–H groups in total. The van der Waals surface area contributed by atoms with Crippen LogP contribution in [-0.4, -0.2) is 27.3 Å². The van der Waals surface area contributed by atoms with Gasteiger partial charge in [0.2, 0.25) is 5.91 Å². The highest BCUT2D eigenvalue weighted by molar-refractivity contribution is 7.99. The topological polar surface area (TPSA) is 64.0 Å². The third-order valence-corrected chi connectivity index (χ3v) is 5.28. The van der Waals surface area contributed by atoms with Gasteiger partial charge in [-0.25, -0.2) is 4.98 Å². The molecule has 0 saturated carbocycles. The SMILES string of the molecule is CCn1c(SCC(=O)N[C@H](C)CCCC(C)C)nc2ccccc2c1=O. The van der Waals surface area contributed by atoms with Crippen LogP contribution in [0.25, 0.3) is 10.9 Å². The zero-order valence-corrected chi connectivity index (χ0v) is 16.9. The number of carbonyl (C=O) groups is 1. The summed E-state index contributed by atoms with van der Waals surface area (Å²) in [6, 6.07) is 7.49. The van der Waals surface area contributed by atoms with Crippen molar-refractivity contribution >= 4 is 28.6 Å². The fourth-order valence-electron chi connectivity index (χ4n) is 2.89. The zero-order chi connectivity index (χ0) is 19.1. The number of aromatic nitrogens is 2. The normalized spacial score (nSPS) is 12.5. The third kappa shape index (κ3) is 5.59. The van der Waals surface area contributed by atoms with E-state index in [9.17, 15) is 9.59 Å². The van der Waals surface area contributed by atoms with Crippen LogP contribution in [0, 0.1) is 5.92 Å². The number of hydrogen-bond donors (Lipinski definition) is 1. The number of hydrogen-bond acceptors (Lipinski definition) is 4. The maximum atomic E-state index is 12.6. The van der Waals surface area contributed by atoms with Crippen molar-refractivity contribution in [3.8, 4) is 0 Å². The van der Waals surface area contributed by atoms with Crippen molar-refractivity contribution in [1.29, 1.82) is 0 Å². The Morgan fingerprint density at radius 2 is 1.96 bits per heavy atom. The minimum atomic E-state index is -0.0527. The summed E-state index contributed by atoms with van der Waals surface area (Å²) in [4.78, 5) is 29.4. The van der Waals surface area contributed by atoms with Gasteiger partial charge in [-0.3, -0.25) is 14.2 Å². The van der Waals surface area contributed by atoms with Gasteiger partial charge in [-0.1, -0.05) is 50.6 Å². The smallest absolute Gasteiger partial charge is 0.262 e. The van der Waals surface area contributed by atoms with Crippen LogP contribution in [0.1, 0.15) is 47.0 Å². The van der Waals surface area contributed by atoms with Gasteiger partial charge in [0.1, 0.15) is 0 Å². The van der Waals surface area contributed by atoms with Crippen LogP contribution in [0.15, 0.2) is 34.2 Å². The van der Waals surface area contributed by atoms with Crippen LogP contribution in [0.3, 0.4) is 0 Å². The number of fused-ring (bicyclic) bond motifs is 1. The van der Waals surface area contributed by atoms with Crippen LogP contribution in [0.2, 0.25) is 0 Å². The molecule has 0 bridgehead atoms. The number of rotatable bonds is 9. The standard InChI is InChI=1S/C20H29N3O2S/c1-5-23-19(25)16-11-6-7-12-17(16)22-20(23)26-13-18(24)21-15(4)10-8-9-14(2)3/h6-7,11-12,14-15H,5,8-10,13H2,1-4H3,(H,21,24)/t15-/m1/s1. The predicted octanol–water partition coefficient (Wildman–Crippen LogP) is 3.84. The molecule has 0 fully saturated rings. The number of para-hydroxylation sites is 1. The molecule has 1 heterocycles. The first-order valence-electron chi connectivity index (χ1n) is 9.34. The van der Waals surface area contributed by atoms with Crippen molar-refractivity contribution in [2.75, 3.05) is 5.75 Å². The first-order chi connectivity index (χ1) is 12.4. The minimum Gasteiger partial charge on any atom is -0.353 e. The zero-order valence-electron chi connectivity index (χ0n) is 16.1. The van der Waals surface area contributed by atoms with Crippen molar-refractivity contribution in [3.63, 3.8) is 0 Å². The summed E-state index contributed by atoms with van der Waals surface area (Å²) in [5.74, 6) is 0.939. The number of nitrogens with zero attached hydrogens (tertiary/aromatic N) is 2. The molecule has 0 unspecified atom stereocenters. The van der Waals surface area contributed by atoms with Gasteiger partial charge in [0.05, 0.1) is 16.7 Å². The van der Waals surface area contributed by atoms with E-state index in [1.165, 1.54) is 18.2 Å². The van der Waals surface area contributed by atoms with E-state index in [0.717, 1.165) is 12.8 Å². The van der Waals surface area contributed by atoms with Gasteiger partial charge in [-0.2, -0.15) is 0 Å². The molecule has 1 amide bonds. The Labute approximate surface area is 159 Å². The first kappa shape index (κ1) is 20.5. The Morgan fingerprint density at radius 1 is 1.23 bits per heavy atom. The molecule has 2 aromatic rings. The van der Waals surface area contributed by atoms with Crippen molar-refractivity contribution in [3.05, 3.63) is 34.6 Å². The summed E-state index contributed by atoms with van der Waals surface area (Å²) < 4.78 is 1.63. The summed E-state index contributed by atoms with van der Waals surface area (Å²) >= 11 is 1.32. The van der Waals surface area contributed by atoms with Gasteiger partial charge in [0.15, 0.2) is 5.16 Å². The van der Waals surface area contributed by atoms with E-state index in [4.69, 9.17) is 0 Å². The van der Waals surface area contributed by atoms with Gasteiger partial charge in [-0.05, 0) is 38.3 Å². The van der Waals surface area contributed by atoms with E-state index in [-0.39, 0.29) is 23.3 Å². The maximum Gasteiger partial charge on any atom is 0.262 e. The lowest BCUT2D eigenvalue weighted by molar-refractivity contribution is -0.119. The van der Waals surface area contributed by atoms with Gasteiger partial charge < -0.3 is 5.32 Å². The highest BCUT2D eigenvalue weighted by Gasteiger charge is 2.13. The summed E-state index contributed by atoms with van der Waals surface area (Å²) in [5.41, 5.74) is 0.621. The summed E-state index contributed by atoms with van der Waals surface area (Å²) in [5, 5.41) is 4.25. The van der Waals surface area contributed by atoms with Crippen molar-refractivity contribution in [2.24, 2.45) is 5.92 Å². The van der Waals surface area contributed by atoms with Crippen molar-refractivity contribution < 1.29 is 4.79 Å². The molecule has 0 radical (unpaired) electrons. The average Bonchev–Trinajstić information content (AvgIpc) is 2.59. The fourth-order valence-corrected chi connectivity index (χ4v) is 3.76. The lowest BCUT2D eigenvalue weighted by atomic mass is 10.0. The third-order valence-electron chi connectivity index (χ3n) is 4.30. The Bertz CT molecular complexity index is 801. The molecular formula is C20H29N3O2S. The van der Waals surface area contributed by atoms with E-state index in [1.54, 1.807) is 10.6 Å². The lowest BCUT2D eigenvalue weighted by Gasteiger charge is -2.15. The second-order valence-corrected chi connectivity index (χ2v) is 7.99. The number of thioether (sulfide) groups is 1. The molecular weight excluding hydrogens is 346 g/mol. The summed E-state index contributed by atoms with van der Waals surface area (Å²) in [7, 11) is 0. The molecule has 26 heavy (non-hydrogen) atoms. The van der Waals surface area contributed by atoms with Crippen LogP contribution >= 0.6 is 11.8 Å².